The maximum Gasteiger partial charge on any atom is 0.296 e. The Kier molecular flexibility index (Phi) is 8.86. The Hall–Kier alpha value is -2.92. The Balaban J connectivity index is 1.37. The van der Waals surface area contributed by atoms with Crippen LogP contribution < -0.4 is 10.2 Å². The smallest absolute Gasteiger partial charge is 0.296 e. The Morgan fingerprint density at radius 3 is 2.44 bits per heavy atom. The molecule has 1 N–H and O–H groups in total. The molecule has 1 aliphatic carbocycles. The van der Waals surface area contributed by atoms with Crippen molar-refractivity contribution in [2.45, 2.75) is 58.2 Å². The van der Waals surface area contributed by atoms with E-state index in [4.69, 9.17) is 14.7 Å². The lowest BCUT2D eigenvalue weighted by Gasteiger charge is -2.36. The molecule has 0 bridgehead atoms. The first kappa shape index (κ1) is 27.6. The van der Waals surface area contributed by atoms with Crippen molar-refractivity contribution in [1.29, 1.82) is 0 Å². The van der Waals surface area contributed by atoms with E-state index >= 15 is 0 Å². The van der Waals surface area contributed by atoms with Gasteiger partial charge in [-0.25, -0.2) is 18.2 Å². The van der Waals surface area contributed by atoms with Crippen LogP contribution in [0.5, 0.6) is 0 Å². The standard InChI is InChI=1S/C28H38F3N7O/c1-3-36(18-19(2)29)21-10-8-20(9-11-21)17-32-28-34-24(37-12-14-39-15-13-37)16-25(35-28)38-23-7-5-4-6-22(23)33-27(38)26(30)31/h4-7,16,19-21,26H,3,8-15,17-18H2,1-2H3,(H,32,34,35). The van der Waals surface area contributed by atoms with Crippen LogP contribution in [0.3, 0.4) is 0 Å². The van der Waals surface area contributed by atoms with Crippen molar-refractivity contribution in [2.24, 2.45) is 5.92 Å². The van der Waals surface area contributed by atoms with Crippen molar-refractivity contribution >= 4 is 22.8 Å². The van der Waals surface area contributed by atoms with Crippen LogP contribution >= 0.6 is 0 Å². The minimum Gasteiger partial charge on any atom is -0.378 e. The number of rotatable bonds is 10. The van der Waals surface area contributed by atoms with E-state index in [1.54, 1.807) is 31.2 Å². The van der Waals surface area contributed by atoms with Gasteiger partial charge in [-0.1, -0.05) is 19.1 Å². The molecule has 0 spiro atoms. The summed E-state index contributed by atoms with van der Waals surface area (Å²) in [7, 11) is 0. The number of nitrogens with one attached hydrogen (secondary N) is 1. The zero-order valence-corrected chi connectivity index (χ0v) is 22.7. The summed E-state index contributed by atoms with van der Waals surface area (Å²) in [6, 6.07) is 9.27. The predicted octanol–water partition coefficient (Wildman–Crippen LogP) is 5.24. The highest BCUT2D eigenvalue weighted by Gasteiger charge is 2.27. The molecule has 3 heterocycles. The SMILES string of the molecule is CCN(CC(C)F)C1CCC(CNc2nc(N3CCOCC3)cc(-n3c(C(F)F)nc4ccccc43)n2)CC1. The van der Waals surface area contributed by atoms with E-state index in [9.17, 15) is 13.2 Å². The molecule has 1 aromatic carbocycles. The van der Waals surface area contributed by atoms with Crippen molar-refractivity contribution in [3.05, 3.63) is 36.2 Å². The molecule has 8 nitrogen and oxygen atoms in total. The summed E-state index contributed by atoms with van der Waals surface area (Å²) >= 11 is 0. The van der Waals surface area contributed by atoms with E-state index in [2.05, 4.69) is 27.0 Å². The number of hydrogen-bond donors (Lipinski definition) is 1. The summed E-state index contributed by atoms with van der Waals surface area (Å²) in [6.07, 6.45) is 0.553. The Morgan fingerprint density at radius 1 is 1.03 bits per heavy atom. The lowest BCUT2D eigenvalue weighted by atomic mass is 9.85. The molecule has 212 valence electrons. The molecule has 1 aliphatic heterocycles. The number of benzene rings is 1. The number of morpholine rings is 1. The molecule has 1 unspecified atom stereocenters. The van der Waals surface area contributed by atoms with E-state index in [0.29, 0.717) is 80.0 Å². The van der Waals surface area contributed by atoms with Gasteiger partial charge in [0.2, 0.25) is 5.95 Å². The van der Waals surface area contributed by atoms with Crippen LogP contribution in [0.2, 0.25) is 0 Å². The first-order valence-electron chi connectivity index (χ1n) is 14.0. The van der Waals surface area contributed by atoms with Gasteiger partial charge in [0.15, 0.2) is 5.82 Å². The summed E-state index contributed by atoms with van der Waals surface area (Å²) in [5.41, 5.74) is 1.07. The number of anilines is 2. The van der Waals surface area contributed by atoms with Gasteiger partial charge in [-0.05, 0) is 57.2 Å². The molecule has 1 saturated heterocycles. The number of halogens is 3. The number of para-hydroxylation sites is 2. The van der Waals surface area contributed by atoms with Crippen molar-refractivity contribution in [3.8, 4) is 5.82 Å². The molecule has 2 aromatic heterocycles. The number of alkyl halides is 3. The number of hydrogen-bond acceptors (Lipinski definition) is 7. The summed E-state index contributed by atoms with van der Waals surface area (Å²) in [6.45, 7) is 8.24. The van der Waals surface area contributed by atoms with Crippen molar-refractivity contribution in [1.82, 2.24) is 24.4 Å². The lowest BCUT2D eigenvalue weighted by Crippen LogP contribution is -2.41. The molecule has 5 rings (SSSR count). The summed E-state index contributed by atoms with van der Waals surface area (Å²) < 4.78 is 48.7. The van der Waals surface area contributed by atoms with Gasteiger partial charge in [0.25, 0.3) is 6.43 Å². The van der Waals surface area contributed by atoms with Gasteiger partial charge in [0.05, 0.1) is 24.2 Å². The fourth-order valence-electron chi connectivity index (χ4n) is 5.81. The first-order chi connectivity index (χ1) is 18.9. The monoisotopic (exact) mass is 545 g/mol. The van der Waals surface area contributed by atoms with E-state index in [-0.39, 0.29) is 5.82 Å². The maximum absolute atomic E-state index is 14.1. The van der Waals surface area contributed by atoms with Crippen LogP contribution in [0.15, 0.2) is 30.3 Å². The maximum atomic E-state index is 14.1. The van der Waals surface area contributed by atoms with Crippen LogP contribution in [0.25, 0.3) is 16.9 Å². The second-order valence-corrected chi connectivity index (χ2v) is 10.5. The Labute approximate surface area is 227 Å². The summed E-state index contributed by atoms with van der Waals surface area (Å²) in [5.74, 6) is 1.55. The van der Waals surface area contributed by atoms with Crippen molar-refractivity contribution in [2.75, 3.05) is 56.2 Å². The fourth-order valence-corrected chi connectivity index (χ4v) is 5.81. The third-order valence-corrected chi connectivity index (χ3v) is 7.82. The molecule has 1 saturated carbocycles. The molecule has 3 aromatic rings. The van der Waals surface area contributed by atoms with E-state index in [1.165, 1.54) is 4.57 Å². The number of nitrogens with zero attached hydrogens (tertiary/aromatic N) is 6. The molecule has 39 heavy (non-hydrogen) atoms. The van der Waals surface area contributed by atoms with Crippen LogP contribution in [-0.4, -0.2) is 82.6 Å². The molecule has 1 atom stereocenters. The Bertz CT molecular complexity index is 1220. The van der Waals surface area contributed by atoms with Crippen molar-refractivity contribution < 1.29 is 17.9 Å². The van der Waals surface area contributed by atoms with Gasteiger partial charge in [-0.3, -0.25) is 9.47 Å². The number of ether oxygens (including phenoxy) is 1. The minimum atomic E-state index is -2.76. The van der Waals surface area contributed by atoms with Gasteiger partial charge in [-0.15, -0.1) is 0 Å². The first-order valence-corrected chi connectivity index (χ1v) is 14.0. The predicted molar refractivity (Wildman–Crippen MR) is 147 cm³/mol. The van der Waals surface area contributed by atoms with Crippen LogP contribution in [0.4, 0.5) is 24.9 Å². The molecule has 2 fully saturated rings. The number of aromatic nitrogens is 4. The number of fused-ring (bicyclic) bond motifs is 1. The summed E-state index contributed by atoms with van der Waals surface area (Å²) in [4.78, 5) is 18.0. The third-order valence-electron chi connectivity index (χ3n) is 7.82. The van der Waals surface area contributed by atoms with Crippen molar-refractivity contribution in [3.63, 3.8) is 0 Å². The van der Waals surface area contributed by atoms with Gasteiger partial charge in [-0.2, -0.15) is 9.97 Å². The van der Waals surface area contributed by atoms with Gasteiger partial charge >= 0.3 is 0 Å². The lowest BCUT2D eigenvalue weighted by molar-refractivity contribution is 0.115. The highest BCUT2D eigenvalue weighted by molar-refractivity contribution is 5.78. The molecular formula is C28H38F3N7O. The Morgan fingerprint density at radius 2 is 1.74 bits per heavy atom. The zero-order chi connectivity index (χ0) is 27.4. The van der Waals surface area contributed by atoms with E-state index in [1.807, 2.05) is 6.07 Å². The minimum absolute atomic E-state index is 0.338. The molecule has 0 amide bonds. The van der Waals surface area contributed by atoms with E-state index in [0.717, 1.165) is 32.2 Å². The second-order valence-electron chi connectivity index (χ2n) is 10.5. The highest BCUT2D eigenvalue weighted by atomic mass is 19.3. The van der Waals surface area contributed by atoms with Gasteiger partial charge in [0.1, 0.15) is 17.8 Å². The van der Waals surface area contributed by atoms with Gasteiger partial charge in [0, 0.05) is 38.3 Å². The fraction of sp³-hybridized carbons (Fsp3) is 0.607. The molecule has 2 aliphatic rings. The highest BCUT2D eigenvalue weighted by Crippen LogP contribution is 2.31. The number of imidazole rings is 1. The molecular weight excluding hydrogens is 507 g/mol. The third kappa shape index (κ3) is 6.46. The van der Waals surface area contributed by atoms with Gasteiger partial charge < -0.3 is 15.0 Å². The average molecular weight is 546 g/mol. The van der Waals surface area contributed by atoms with E-state index < -0.39 is 12.6 Å². The zero-order valence-electron chi connectivity index (χ0n) is 22.7. The second kappa shape index (κ2) is 12.5. The van der Waals surface area contributed by atoms with Crippen LogP contribution in [-0.2, 0) is 4.74 Å². The quantitative estimate of drug-likeness (QED) is 0.374. The largest absolute Gasteiger partial charge is 0.378 e. The summed E-state index contributed by atoms with van der Waals surface area (Å²) in [5, 5.41) is 3.41. The molecule has 0 radical (unpaired) electrons. The van der Waals surface area contributed by atoms with Crippen LogP contribution in [0.1, 0.15) is 51.8 Å². The average Bonchev–Trinajstić information content (AvgIpc) is 3.36. The van der Waals surface area contributed by atoms with Crippen LogP contribution in [0, 0.1) is 5.92 Å². The normalized spacial score (nSPS) is 21.2. The topological polar surface area (TPSA) is 71.3 Å². The molecule has 11 heteroatoms.